The average Bonchev–Trinajstić information content (AvgIpc) is 3.13. The number of pyridine rings is 1. The monoisotopic (exact) mass is 511 g/mol. The Morgan fingerprint density at radius 2 is 1.94 bits per heavy atom. The van der Waals surface area contributed by atoms with Gasteiger partial charge in [-0.1, -0.05) is 0 Å². The Hall–Kier alpha value is -3.66. The summed E-state index contributed by atoms with van der Waals surface area (Å²) in [6, 6.07) is 7.13. The highest BCUT2D eigenvalue weighted by atomic mass is 32.2. The number of anilines is 1. The van der Waals surface area contributed by atoms with Crippen LogP contribution in [0.1, 0.15) is 18.1 Å². The number of fused-ring (bicyclic) bond motifs is 2. The molecule has 36 heavy (non-hydrogen) atoms. The number of nitrogens with one attached hydrogen (secondary N) is 1. The van der Waals surface area contributed by atoms with Gasteiger partial charge in [-0.05, 0) is 60.0 Å². The van der Waals surface area contributed by atoms with Crippen LogP contribution in [0.25, 0.3) is 11.3 Å². The molecule has 1 N–H and O–H groups in total. The number of carbonyl (C=O) groups excluding carboxylic acids is 1. The molecule has 8 nitrogen and oxygen atoms in total. The molecule has 0 amide bonds. The topological polar surface area (TPSA) is 97.7 Å². The molecule has 0 saturated heterocycles. The molecule has 1 aromatic carbocycles. The maximum absolute atomic E-state index is 13.7. The molecule has 0 saturated carbocycles. The second kappa shape index (κ2) is 8.77. The summed E-state index contributed by atoms with van der Waals surface area (Å²) < 4.78 is 45.2. The number of carbonyl (C=O) groups is 1. The van der Waals surface area contributed by atoms with Gasteiger partial charge < -0.3 is 19.5 Å². The van der Waals surface area contributed by atoms with Gasteiger partial charge in [0.25, 0.3) is 5.56 Å². The lowest BCUT2D eigenvalue weighted by Gasteiger charge is -2.37. The maximum Gasteiger partial charge on any atom is 0.313 e. The van der Waals surface area contributed by atoms with Crippen LogP contribution >= 0.6 is 0 Å². The second-order valence-electron chi connectivity index (χ2n) is 9.20. The van der Waals surface area contributed by atoms with Crippen molar-refractivity contribution >= 4 is 32.8 Å². The molecule has 10 heteroatoms. The molecule has 1 aliphatic carbocycles. The molecule has 3 aliphatic rings. The Kier molecular flexibility index (Phi) is 5.86. The summed E-state index contributed by atoms with van der Waals surface area (Å²) in [7, 11) is -1.80. The number of rotatable bonds is 5. The van der Waals surface area contributed by atoms with Gasteiger partial charge in [-0.3, -0.25) is 9.59 Å². The van der Waals surface area contributed by atoms with Gasteiger partial charge in [-0.2, -0.15) is 0 Å². The van der Waals surface area contributed by atoms with E-state index in [2.05, 4.69) is 5.32 Å². The van der Waals surface area contributed by atoms with Crippen molar-refractivity contribution in [2.75, 3.05) is 30.1 Å². The predicted molar refractivity (Wildman–Crippen MR) is 135 cm³/mol. The van der Waals surface area contributed by atoms with E-state index in [9.17, 15) is 22.4 Å². The third kappa shape index (κ3) is 4.05. The molecule has 0 fully saturated rings. The summed E-state index contributed by atoms with van der Waals surface area (Å²) in [5, 5.41) is 3.30. The lowest BCUT2D eigenvalue weighted by Crippen LogP contribution is -2.49. The van der Waals surface area contributed by atoms with Gasteiger partial charge in [0.1, 0.15) is 5.82 Å². The zero-order valence-electron chi connectivity index (χ0n) is 20.1. The molecule has 2 aliphatic heterocycles. The Morgan fingerprint density at radius 1 is 1.22 bits per heavy atom. The number of allylic oxidation sites excluding steroid dienone is 1. The Labute approximate surface area is 208 Å². The summed E-state index contributed by atoms with van der Waals surface area (Å²) in [6.07, 6.45) is 6.36. The standard InChI is InChI=1S/C26H26FN3O5S/c1-4-35-26(32)20-12-28-23-21-15(13-30(24(20)21)18-7-5-17(27)6-8-18)11-16(14-36(3,33)34)19-9-10-29(2)25(31)22(19)23/h5-11,13,20,24,28H,4,12,14H2,1-3H3/t20-,24?/m1/s1. The summed E-state index contributed by atoms with van der Waals surface area (Å²) in [5.74, 6) is -1.66. The number of hydrogen-bond acceptors (Lipinski definition) is 7. The van der Waals surface area contributed by atoms with Crippen LogP contribution in [-0.4, -0.2) is 50.2 Å². The van der Waals surface area contributed by atoms with E-state index >= 15 is 0 Å². The SMILES string of the molecule is CCOC(=O)[C@@H]1CNC2=C3C(=CN(c4ccc(F)cc4)C31)C=C(CS(C)(=O)=O)c1ccn(C)c(=O)c12. The lowest BCUT2D eigenvalue weighted by atomic mass is 9.84. The first-order valence-corrected chi connectivity index (χ1v) is 13.6. The van der Waals surface area contributed by atoms with E-state index < -0.39 is 27.8 Å². The number of ether oxygens (including phenoxy) is 1. The van der Waals surface area contributed by atoms with E-state index in [1.165, 1.54) is 16.7 Å². The van der Waals surface area contributed by atoms with E-state index in [1.807, 2.05) is 11.1 Å². The molecule has 188 valence electrons. The van der Waals surface area contributed by atoms with Crippen molar-refractivity contribution < 1.29 is 22.3 Å². The minimum absolute atomic E-state index is 0.208. The predicted octanol–water partition coefficient (Wildman–Crippen LogP) is 2.23. The van der Waals surface area contributed by atoms with E-state index in [0.29, 0.717) is 39.2 Å². The molecule has 2 atom stereocenters. The zero-order chi connectivity index (χ0) is 25.8. The Balaban J connectivity index is 1.79. The van der Waals surface area contributed by atoms with Crippen molar-refractivity contribution in [1.82, 2.24) is 9.88 Å². The Morgan fingerprint density at radius 3 is 2.61 bits per heavy atom. The fourth-order valence-electron chi connectivity index (χ4n) is 5.17. The maximum atomic E-state index is 13.7. The molecular formula is C26H26FN3O5S. The minimum Gasteiger partial charge on any atom is -0.466 e. The fourth-order valence-corrected chi connectivity index (χ4v) is 5.97. The van der Waals surface area contributed by atoms with Gasteiger partial charge in [0.2, 0.25) is 0 Å². The number of halogens is 1. The van der Waals surface area contributed by atoms with E-state index in [0.717, 1.165) is 6.26 Å². The number of aromatic nitrogens is 1. The number of hydrogen-bond donors (Lipinski definition) is 1. The largest absolute Gasteiger partial charge is 0.466 e. The summed E-state index contributed by atoms with van der Waals surface area (Å²) >= 11 is 0. The number of sulfone groups is 1. The van der Waals surface area contributed by atoms with Gasteiger partial charge in [-0.15, -0.1) is 0 Å². The van der Waals surface area contributed by atoms with Crippen molar-refractivity contribution in [2.45, 2.75) is 13.0 Å². The fraction of sp³-hybridized carbons (Fsp3) is 0.308. The van der Waals surface area contributed by atoms with Crippen LogP contribution in [0.4, 0.5) is 10.1 Å². The van der Waals surface area contributed by atoms with Crippen molar-refractivity contribution in [3.63, 3.8) is 0 Å². The quantitative estimate of drug-likeness (QED) is 0.615. The lowest BCUT2D eigenvalue weighted by molar-refractivity contribution is -0.148. The summed E-state index contributed by atoms with van der Waals surface area (Å²) in [4.78, 5) is 28.3. The van der Waals surface area contributed by atoms with E-state index in [-0.39, 0.29) is 30.3 Å². The second-order valence-corrected chi connectivity index (χ2v) is 11.3. The van der Waals surface area contributed by atoms with Crippen LogP contribution in [0, 0.1) is 11.7 Å². The molecule has 1 unspecified atom stereocenters. The first-order chi connectivity index (χ1) is 17.1. The normalized spacial score (nSPS) is 20.6. The van der Waals surface area contributed by atoms with Gasteiger partial charge in [0.15, 0.2) is 9.84 Å². The third-order valence-electron chi connectivity index (χ3n) is 6.66. The van der Waals surface area contributed by atoms with Crippen LogP contribution < -0.4 is 15.8 Å². The van der Waals surface area contributed by atoms with Gasteiger partial charge in [0.05, 0.1) is 35.6 Å². The molecule has 0 spiro atoms. The van der Waals surface area contributed by atoms with Crippen molar-refractivity contribution in [3.05, 3.63) is 87.2 Å². The first-order valence-electron chi connectivity index (χ1n) is 11.6. The number of aryl methyl sites for hydroxylation is 1. The molecule has 5 rings (SSSR count). The first kappa shape index (κ1) is 24.1. The molecule has 1 aromatic heterocycles. The Bertz CT molecular complexity index is 1520. The molecule has 0 bridgehead atoms. The molecule has 0 radical (unpaired) electrons. The van der Waals surface area contributed by atoms with Crippen molar-refractivity contribution in [3.8, 4) is 0 Å². The van der Waals surface area contributed by atoms with Crippen LogP contribution in [0.2, 0.25) is 0 Å². The van der Waals surface area contributed by atoms with Crippen LogP contribution in [0.15, 0.2) is 64.7 Å². The summed E-state index contributed by atoms with van der Waals surface area (Å²) in [5.41, 5.74) is 3.71. The van der Waals surface area contributed by atoms with Crippen LogP contribution in [0.5, 0.6) is 0 Å². The summed E-state index contributed by atoms with van der Waals surface area (Å²) in [6.45, 7) is 2.16. The highest BCUT2D eigenvalue weighted by Crippen LogP contribution is 2.45. The van der Waals surface area contributed by atoms with Gasteiger partial charge in [-0.25, -0.2) is 12.8 Å². The zero-order valence-corrected chi connectivity index (χ0v) is 20.9. The molecule has 3 heterocycles. The van der Waals surface area contributed by atoms with Gasteiger partial charge >= 0.3 is 5.97 Å². The number of benzene rings is 1. The van der Waals surface area contributed by atoms with E-state index in [1.54, 1.807) is 44.4 Å². The van der Waals surface area contributed by atoms with Gasteiger partial charge in [0, 0.05) is 43.5 Å². The smallest absolute Gasteiger partial charge is 0.313 e. The molecular weight excluding hydrogens is 485 g/mol. The number of nitrogens with zero attached hydrogens (tertiary/aromatic N) is 2. The molecule has 2 aromatic rings. The van der Waals surface area contributed by atoms with Crippen molar-refractivity contribution in [2.24, 2.45) is 13.0 Å². The highest BCUT2D eigenvalue weighted by molar-refractivity contribution is 7.91. The third-order valence-corrected chi connectivity index (χ3v) is 7.50. The van der Waals surface area contributed by atoms with Crippen LogP contribution in [-0.2, 0) is 26.4 Å². The average molecular weight is 512 g/mol. The number of esters is 1. The van der Waals surface area contributed by atoms with E-state index in [4.69, 9.17) is 4.74 Å². The van der Waals surface area contributed by atoms with Crippen LogP contribution in [0.3, 0.4) is 0 Å². The minimum atomic E-state index is -3.43. The highest BCUT2D eigenvalue weighted by Gasteiger charge is 2.46. The van der Waals surface area contributed by atoms with Crippen molar-refractivity contribution in [1.29, 1.82) is 0 Å².